The predicted octanol–water partition coefficient (Wildman–Crippen LogP) is 0.745. The molecule has 1 aliphatic carbocycles. The van der Waals surface area contributed by atoms with Gasteiger partial charge in [0, 0.05) is 25.2 Å². The normalized spacial score (nSPS) is 20.5. The minimum atomic E-state index is -0.399. The molecule has 0 unspecified atom stereocenters. The summed E-state index contributed by atoms with van der Waals surface area (Å²) in [4.78, 5) is 15.6. The molecule has 84 valence electrons. The van der Waals surface area contributed by atoms with Gasteiger partial charge in [0.05, 0.1) is 0 Å². The molecule has 0 aromatic carbocycles. The van der Waals surface area contributed by atoms with E-state index in [0.29, 0.717) is 17.5 Å². The maximum Gasteiger partial charge on any atom is 0.267 e. The van der Waals surface area contributed by atoms with Gasteiger partial charge < -0.3 is 11.1 Å². The fourth-order valence-corrected chi connectivity index (χ4v) is 2.36. The van der Waals surface area contributed by atoms with Crippen LogP contribution in [-0.2, 0) is 0 Å². The molecule has 1 saturated carbocycles. The number of rotatable bonds is 3. The Balaban J connectivity index is 2.09. The van der Waals surface area contributed by atoms with Crippen LogP contribution in [-0.4, -0.2) is 24.0 Å². The van der Waals surface area contributed by atoms with Gasteiger partial charge in [-0.3, -0.25) is 9.78 Å². The molecule has 2 aliphatic rings. The van der Waals surface area contributed by atoms with Gasteiger partial charge in [-0.05, 0) is 36.0 Å². The number of hydrogen-bond donors (Lipinski definition) is 2. The molecule has 3 rings (SSSR count). The van der Waals surface area contributed by atoms with Crippen LogP contribution in [0.25, 0.3) is 0 Å². The molecule has 1 aliphatic heterocycles. The minimum absolute atomic E-state index is 0.399. The lowest BCUT2D eigenvalue weighted by molar-refractivity contribution is 0.0993. The number of nitrogens with two attached hydrogens (primary N) is 1. The lowest BCUT2D eigenvalue weighted by Gasteiger charge is -2.30. The summed E-state index contributed by atoms with van der Waals surface area (Å²) < 4.78 is 0. The van der Waals surface area contributed by atoms with E-state index in [9.17, 15) is 4.79 Å². The number of nitrogens with one attached hydrogen (secondary N) is 1. The van der Waals surface area contributed by atoms with Crippen molar-refractivity contribution in [3.05, 3.63) is 29.1 Å². The summed E-state index contributed by atoms with van der Waals surface area (Å²) in [5.41, 5.74) is 8.29. The molecular formula is C12H15N3O. The number of amides is 1. The molecule has 0 spiro atoms. The Kier molecular flexibility index (Phi) is 2.17. The van der Waals surface area contributed by atoms with E-state index in [4.69, 9.17) is 5.73 Å². The molecule has 1 amide bonds. The van der Waals surface area contributed by atoms with E-state index in [2.05, 4.69) is 16.4 Å². The SMILES string of the molecule is NC(=O)c1nccc(C2CC2)c1C1CNC1. The number of primary amides is 1. The zero-order valence-corrected chi connectivity index (χ0v) is 9.07. The van der Waals surface area contributed by atoms with Gasteiger partial charge in [0.2, 0.25) is 0 Å². The van der Waals surface area contributed by atoms with Crippen molar-refractivity contribution in [2.75, 3.05) is 13.1 Å². The third kappa shape index (κ3) is 1.50. The summed E-state index contributed by atoms with van der Waals surface area (Å²) in [5, 5.41) is 3.23. The maximum absolute atomic E-state index is 11.4. The Labute approximate surface area is 94.2 Å². The fourth-order valence-electron chi connectivity index (χ4n) is 2.36. The maximum atomic E-state index is 11.4. The van der Waals surface area contributed by atoms with Crippen LogP contribution in [0.1, 0.15) is 46.3 Å². The first-order valence-corrected chi connectivity index (χ1v) is 5.76. The van der Waals surface area contributed by atoms with Crippen molar-refractivity contribution < 1.29 is 4.79 Å². The number of aromatic nitrogens is 1. The Hall–Kier alpha value is -1.42. The number of nitrogens with zero attached hydrogens (tertiary/aromatic N) is 1. The van der Waals surface area contributed by atoms with Gasteiger partial charge >= 0.3 is 0 Å². The van der Waals surface area contributed by atoms with Gasteiger partial charge in [-0.25, -0.2) is 0 Å². The van der Waals surface area contributed by atoms with Crippen LogP contribution in [0.3, 0.4) is 0 Å². The zero-order chi connectivity index (χ0) is 11.1. The molecule has 1 saturated heterocycles. The second-order valence-corrected chi connectivity index (χ2v) is 4.66. The van der Waals surface area contributed by atoms with Crippen molar-refractivity contribution in [3.8, 4) is 0 Å². The number of pyridine rings is 1. The number of hydrogen-bond acceptors (Lipinski definition) is 3. The Morgan fingerprint density at radius 2 is 2.12 bits per heavy atom. The second-order valence-electron chi connectivity index (χ2n) is 4.66. The third-order valence-electron chi connectivity index (χ3n) is 3.46. The molecule has 0 radical (unpaired) electrons. The fraction of sp³-hybridized carbons (Fsp3) is 0.500. The van der Waals surface area contributed by atoms with Crippen molar-refractivity contribution in [1.82, 2.24) is 10.3 Å². The van der Waals surface area contributed by atoms with E-state index in [1.54, 1.807) is 6.20 Å². The first-order chi connectivity index (χ1) is 7.77. The van der Waals surface area contributed by atoms with Crippen molar-refractivity contribution >= 4 is 5.91 Å². The van der Waals surface area contributed by atoms with Crippen LogP contribution in [0, 0.1) is 0 Å². The minimum Gasteiger partial charge on any atom is -0.364 e. The average Bonchev–Trinajstić information content (AvgIpc) is 2.98. The number of carbonyl (C=O) groups is 1. The first-order valence-electron chi connectivity index (χ1n) is 5.76. The van der Waals surface area contributed by atoms with Crippen molar-refractivity contribution in [2.45, 2.75) is 24.7 Å². The molecule has 0 bridgehead atoms. The van der Waals surface area contributed by atoms with E-state index >= 15 is 0 Å². The number of carbonyl (C=O) groups excluding carboxylic acids is 1. The topological polar surface area (TPSA) is 68.0 Å². The van der Waals surface area contributed by atoms with E-state index in [0.717, 1.165) is 18.7 Å². The Morgan fingerprint density at radius 1 is 1.38 bits per heavy atom. The van der Waals surface area contributed by atoms with Crippen LogP contribution in [0.4, 0.5) is 0 Å². The van der Waals surface area contributed by atoms with Crippen molar-refractivity contribution in [3.63, 3.8) is 0 Å². The van der Waals surface area contributed by atoms with Crippen molar-refractivity contribution in [2.24, 2.45) is 5.73 Å². The van der Waals surface area contributed by atoms with Gasteiger partial charge in [0.15, 0.2) is 0 Å². The second kappa shape index (κ2) is 3.56. The predicted molar refractivity (Wildman–Crippen MR) is 60.3 cm³/mol. The zero-order valence-electron chi connectivity index (χ0n) is 9.07. The van der Waals surface area contributed by atoms with Gasteiger partial charge in [0.25, 0.3) is 5.91 Å². The smallest absolute Gasteiger partial charge is 0.267 e. The van der Waals surface area contributed by atoms with E-state index in [1.165, 1.54) is 18.4 Å². The van der Waals surface area contributed by atoms with Crippen molar-refractivity contribution in [1.29, 1.82) is 0 Å². The highest BCUT2D eigenvalue weighted by atomic mass is 16.1. The molecule has 3 N–H and O–H groups in total. The summed E-state index contributed by atoms with van der Waals surface area (Å²) in [6.07, 6.45) is 4.17. The molecule has 1 aromatic rings. The summed E-state index contributed by atoms with van der Waals surface area (Å²) in [6.45, 7) is 1.87. The standard InChI is InChI=1S/C12H15N3O/c13-12(16)11-10(8-5-14-6-8)9(3-4-15-11)7-1-2-7/h3-4,7-8,14H,1-2,5-6H2,(H2,13,16). The van der Waals surface area contributed by atoms with E-state index in [1.807, 2.05) is 0 Å². The van der Waals surface area contributed by atoms with Gasteiger partial charge in [-0.1, -0.05) is 0 Å². The molecule has 4 heteroatoms. The highest BCUT2D eigenvalue weighted by Gasteiger charge is 2.33. The molecule has 4 nitrogen and oxygen atoms in total. The van der Waals surface area contributed by atoms with E-state index in [-0.39, 0.29) is 0 Å². The molecule has 0 atom stereocenters. The van der Waals surface area contributed by atoms with Gasteiger partial charge in [0.1, 0.15) is 5.69 Å². The molecule has 2 fully saturated rings. The Bertz CT molecular complexity index is 436. The van der Waals surface area contributed by atoms with Crippen LogP contribution in [0.15, 0.2) is 12.3 Å². The molecule has 16 heavy (non-hydrogen) atoms. The summed E-state index contributed by atoms with van der Waals surface area (Å²) in [5.74, 6) is 0.660. The molecular weight excluding hydrogens is 202 g/mol. The van der Waals surface area contributed by atoms with Gasteiger partial charge in [-0.2, -0.15) is 0 Å². The molecule has 1 aromatic heterocycles. The lowest BCUT2D eigenvalue weighted by Crippen LogP contribution is -2.41. The third-order valence-corrected chi connectivity index (χ3v) is 3.46. The van der Waals surface area contributed by atoms with Crippen LogP contribution < -0.4 is 11.1 Å². The highest BCUT2D eigenvalue weighted by molar-refractivity contribution is 5.93. The van der Waals surface area contributed by atoms with Crippen LogP contribution in [0.5, 0.6) is 0 Å². The van der Waals surface area contributed by atoms with Crippen LogP contribution >= 0.6 is 0 Å². The quantitative estimate of drug-likeness (QED) is 0.784. The van der Waals surface area contributed by atoms with Gasteiger partial charge in [-0.15, -0.1) is 0 Å². The lowest BCUT2D eigenvalue weighted by atomic mass is 9.86. The monoisotopic (exact) mass is 217 g/mol. The average molecular weight is 217 g/mol. The van der Waals surface area contributed by atoms with Crippen LogP contribution in [0.2, 0.25) is 0 Å². The first kappa shape index (κ1) is 9.78. The van der Waals surface area contributed by atoms with E-state index < -0.39 is 5.91 Å². The molecule has 2 heterocycles. The summed E-state index contributed by atoms with van der Waals surface area (Å²) >= 11 is 0. The largest absolute Gasteiger partial charge is 0.364 e. The Morgan fingerprint density at radius 3 is 2.62 bits per heavy atom. The highest BCUT2D eigenvalue weighted by Crippen LogP contribution is 2.44. The summed E-state index contributed by atoms with van der Waals surface area (Å²) in [6, 6.07) is 2.05. The summed E-state index contributed by atoms with van der Waals surface area (Å²) in [7, 11) is 0.